The maximum atomic E-state index is 12.7. The van der Waals surface area contributed by atoms with Crippen LogP contribution in [0, 0.1) is 12.8 Å². The molecule has 0 fully saturated rings. The molecule has 0 aliphatic rings. The summed E-state index contributed by atoms with van der Waals surface area (Å²) in [5, 5.41) is 6.73. The summed E-state index contributed by atoms with van der Waals surface area (Å²) in [6.07, 6.45) is 1.91. The lowest BCUT2D eigenvalue weighted by Gasteiger charge is -2.19. The molecule has 2 rings (SSSR count). The molecule has 0 unspecified atom stereocenters. The van der Waals surface area contributed by atoms with Crippen molar-refractivity contribution in [1.29, 1.82) is 0 Å². The van der Waals surface area contributed by atoms with Crippen LogP contribution in [0.2, 0.25) is 0 Å². The van der Waals surface area contributed by atoms with Crippen molar-refractivity contribution >= 4 is 39.9 Å². The van der Waals surface area contributed by atoms with E-state index in [1.165, 1.54) is 6.21 Å². The second-order valence-corrected chi connectivity index (χ2v) is 9.18. The predicted molar refractivity (Wildman–Crippen MR) is 140 cm³/mol. The number of rotatable bonds is 13. The van der Waals surface area contributed by atoms with Crippen molar-refractivity contribution in [2.24, 2.45) is 11.0 Å². The Kier molecular flexibility index (Phi) is 11.9. The van der Waals surface area contributed by atoms with Gasteiger partial charge in [-0.2, -0.15) is 5.10 Å². The van der Waals surface area contributed by atoms with Crippen LogP contribution >= 0.6 is 15.9 Å². The smallest absolute Gasteiger partial charge is 0.344 e. The average molecular weight is 562 g/mol. The number of aryl methyl sites for hydroxylation is 1. The predicted octanol–water partition coefficient (Wildman–Crippen LogP) is 3.76. The number of halogens is 1. The van der Waals surface area contributed by atoms with Crippen molar-refractivity contribution in [3.05, 3.63) is 58.1 Å². The van der Waals surface area contributed by atoms with Crippen LogP contribution in [0.15, 0.2) is 52.0 Å². The van der Waals surface area contributed by atoms with Gasteiger partial charge < -0.3 is 19.5 Å². The van der Waals surface area contributed by atoms with Gasteiger partial charge in [-0.25, -0.2) is 10.2 Å². The Morgan fingerprint density at radius 2 is 1.78 bits per heavy atom. The lowest BCUT2D eigenvalue weighted by atomic mass is 10.0. The van der Waals surface area contributed by atoms with Crippen LogP contribution in [0.3, 0.4) is 0 Å². The standard InChI is InChI=1S/C26H32BrN3O6/c1-5-34-25(32)16-36-23-11-10-19(13-20(23)27)14-28-30-26(33)21(12-17(2)3)29-24(31)15-35-22-9-7-6-8-18(22)4/h6-11,13-14,17,21H,5,12,15-16H2,1-4H3,(H,29,31)(H,30,33)/b28-14-/t21-/m1/s1. The van der Waals surface area contributed by atoms with Crippen molar-refractivity contribution in [3.8, 4) is 11.5 Å². The van der Waals surface area contributed by atoms with Crippen LogP contribution in [-0.2, 0) is 19.1 Å². The molecule has 0 aliphatic heterocycles. The number of ether oxygens (including phenoxy) is 3. The van der Waals surface area contributed by atoms with Crippen molar-refractivity contribution in [1.82, 2.24) is 10.7 Å². The minimum absolute atomic E-state index is 0.167. The van der Waals surface area contributed by atoms with Gasteiger partial charge in [-0.3, -0.25) is 9.59 Å². The molecule has 0 aromatic heterocycles. The number of nitrogens with zero attached hydrogens (tertiary/aromatic N) is 1. The molecule has 2 aromatic carbocycles. The topological polar surface area (TPSA) is 115 Å². The maximum absolute atomic E-state index is 12.7. The van der Waals surface area contributed by atoms with E-state index >= 15 is 0 Å². The van der Waals surface area contributed by atoms with Gasteiger partial charge in [0.15, 0.2) is 13.2 Å². The molecule has 194 valence electrons. The lowest BCUT2D eigenvalue weighted by Crippen LogP contribution is -2.47. The van der Waals surface area contributed by atoms with Gasteiger partial charge in [0.25, 0.3) is 11.8 Å². The molecule has 0 spiro atoms. The number of hydrogen-bond acceptors (Lipinski definition) is 7. The van der Waals surface area contributed by atoms with E-state index in [0.717, 1.165) is 5.56 Å². The molecule has 0 aliphatic carbocycles. The Morgan fingerprint density at radius 3 is 2.44 bits per heavy atom. The third-order valence-corrected chi connectivity index (χ3v) is 5.43. The first-order chi connectivity index (χ1) is 17.2. The maximum Gasteiger partial charge on any atom is 0.344 e. The van der Waals surface area contributed by atoms with Gasteiger partial charge in [-0.05, 0) is 77.5 Å². The van der Waals surface area contributed by atoms with E-state index in [9.17, 15) is 14.4 Å². The van der Waals surface area contributed by atoms with Crippen molar-refractivity contribution in [3.63, 3.8) is 0 Å². The third kappa shape index (κ3) is 10.1. The van der Waals surface area contributed by atoms with Gasteiger partial charge in [0.2, 0.25) is 0 Å². The van der Waals surface area contributed by atoms with Gasteiger partial charge in [0.1, 0.15) is 17.5 Å². The highest BCUT2D eigenvalue weighted by molar-refractivity contribution is 9.10. The Morgan fingerprint density at radius 1 is 1.06 bits per heavy atom. The molecule has 0 saturated carbocycles. The molecule has 9 nitrogen and oxygen atoms in total. The minimum atomic E-state index is -0.763. The van der Waals surface area contributed by atoms with Gasteiger partial charge in [0.05, 0.1) is 17.3 Å². The normalized spacial score (nSPS) is 11.7. The summed E-state index contributed by atoms with van der Waals surface area (Å²) in [4.78, 5) is 36.6. The first-order valence-corrected chi connectivity index (χ1v) is 12.4. The zero-order valence-corrected chi connectivity index (χ0v) is 22.5. The van der Waals surface area contributed by atoms with Crippen molar-refractivity contribution in [2.45, 2.75) is 40.2 Å². The van der Waals surface area contributed by atoms with Gasteiger partial charge >= 0.3 is 5.97 Å². The summed E-state index contributed by atoms with van der Waals surface area (Å²) in [6.45, 7) is 7.42. The molecule has 2 amide bonds. The lowest BCUT2D eigenvalue weighted by molar-refractivity contribution is -0.145. The Bertz CT molecular complexity index is 1070. The molecule has 2 aromatic rings. The van der Waals surface area contributed by atoms with Crippen LogP contribution in [-0.4, -0.2) is 49.9 Å². The monoisotopic (exact) mass is 561 g/mol. The number of benzene rings is 2. The van der Waals surface area contributed by atoms with Crippen LogP contribution in [0.1, 0.15) is 38.3 Å². The van der Waals surface area contributed by atoms with E-state index < -0.39 is 23.8 Å². The largest absolute Gasteiger partial charge is 0.484 e. The van der Waals surface area contributed by atoms with E-state index in [0.29, 0.717) is 28.0 Å². The molecule has 1 atom stereocenters. The number of esters is 1. The van der Waals surface area contributed by atoms with Crippen molar-refractivity contribution in [2.75, 3.05) is 19.8 Å². The molecule has 0 bridgehead atoms. The second-order valence-electron chi connectivity index (χ2n) is 8.32. The van der Waals surface area contributed by atoms with Gasteiger partial charge in [-0.1, -0.05) is 32.0 Å². The van der Waals surface area contributed by atoms with Crippen LogP contribution in [0.25, 0.3) is 0 Å². The quantitative estimate of drug-likeness (QED) is 0.218. The summed E-state index contributed by atoms with van der Waals surface area (Å²) in [5.41, 5.74) is 4.08. The number of carbonyl (C=O) groups is 3. The number of nitrogens with one attached hydrogen (secondary N) is 2. The second kappa shape index (κ2) is 14.9. The Balaban J connectivity index is 1.91. The Hall–Kier alpha value is -3.40. The zero-order valence-electron chi connectivity index (χ0n) is 20.9. The third-order valence-electron chi connectivity index (χ3n) is 4.81. The fourth-order valence-electron chi connectivity index (χ4n) is 3.10. The molecule has 0 saturated heterocycles. The Labute approximate surface area is 219 Å². The SMILES string of the molecule is CCOC(=O)COc1ccc(/C=N\NC(=O)[C@@H](CC(C)C)NC(=O)COc2ccccc2C)cc1Br. The average Bonchev–Trinajstić information content (AvgIpc) is 2.82. The van der Waals surface area contributed by atoms with E-state index in [1.807, 2.05) is 39.0 Å². The fourth-order valence-corrected chi connectivity index (χ4v) is 3.61. The molecule has 2 N–H and O–H groups in total. The summed E-state index contributed by atoms with van der Waals surface area (Å²) in [6, 6.07) is 11.7. The molecule has 0 heterocycles. The van der Waals surface area contributed by atoms with Crippen molar-refractivity contribution < 1.29 is 28.6 Å². The number of amides is 2. The van der Waals surface area contributed by atoms with Gasteiger partial charge in [0, 0.05) is 0 Å². The molecular weight excluding hydrogens is 530 g/mol. The van der Waals surface area contributed by atoms with Crippen LogP contribution in [0.5, 0.6) is 11.5 Å². The molecular formula is C26H32BrN3O6. The number of carbonyl (C=O) groups excluding carboxylic acids is 3. The summed E-state index contributed by atoms with van der Waals surface area (Å²) < 4.78 is 16.4. The summed E-state index contributed by atoms with van der Waals surface area (Å²) in [7, 11) is 0. The summed E-state index contributed by atoms with van der Waals surface area (Å²) in [5.74, 6) is -0.0339. The van der Waals surface area contributed by atoms with E-state index in [4.69, 9.17) is 14.2 Å². The highest BCUT2D eigenvalue weighted by atomic mass is 79.9. The highest BCUT2D eigenvalue weighted by Crippen LogP contribution is 2.25. The zero-order chi connectivity index (χ0) is 26.5. The van der Waals surface area contributed by atoms with Gasteiger partial charge in [-0.15, -0.1) is 0 Å². The van der Waals surface area contributed by atoms with E-state index in [1.54, 1.807) is 31.2 Å². The number of hydrogen-bond donors (Lipinski definition) is 2. The molecule has 10 heteroatoms. The first-order valence-electron chi connectivity index (χ1n) is 11.6. The molecule has 0 radical (unpaired) electrons. The summed E-state index contributed by atoms with van der Waals surface area (Å²) >= 11 is 3.39. The minimum Gasteiger partial charge on any atom is -0.484 e. The fraction of sp³-hybridized carbons (Fsp3) is 0.385. The van der Waals surface area contributed by atoms with E-state index in [-0.39, 0.29) is 25.7 Å². The highest BCUT2D eigenvalue weighted by Gasteiger charge is 2.22. The number of para-hydroxylation sites is 1. The van der Waals surface area contributed by atoms with E-state index in [2.05, 4.69) is 31.8 Å². The van der Waals surface area contributed by atoms with Crippen LogP contribution in [0.4, 0.5) is 0 Å². The number of hydrazone groups is 1. The van der Waals surface area contributed by atoms with Crippen LogP contribution < -0.4 is 20.2 Å². The first kappa shape index (κ1) is 28.8. The molecule has 36 heavy (non-hydrogen) atoms.